The van der Waals surface area contributed by atoms with Gasteiger partial charge in [0.05, 0.1) is 16.4 Å². The second kappa shape index (κ2) is 6.27. The number of carbonyl (C=O) groups excluding carboxylic acids is 1. The number of anilines is 1. The van der Waals surface area contributed by atoms with E-state index in [1.807, 2.05) is 0 Å². The molecule has 128 valence electrons. The van der Waals surface area contributed by atoms with Gasteiger partial charge < -0.3 is 20.4 Å². The minimum Gasteiger partial charge on any atom is -0.481 e. The van der Waals surface area contributed by atoms with Crippen molar-refractivity contribution in [2.24, 2.45) is 0 Å². The molecular formula is C18H17N3O4. The molecule has 0 fully saturated rings. The van der Waals surface area contributed by atoms with Crippen LogP contribution in [0.4, 0.5) is 5.69 Å². The molecule has 0 aliphatic heterocycles. The molecular weight excluding hydrogens is 322 g/mol. The van der Waals surface area contributed by atoms with Crippen molar-refractivity contribution < 1.29 is 14.7 Å². The van der Waals surface area contributed by atoms with Gasteiger partial charge in [-0.05, 0) is 30.7 Å². The van der Waals surface area contributed by atoms with Gasteiger partial charge in [0.1, 0.15) is 0 Å². The van der Waals surface area contributed by atoms with Crippen LogP contribution in [0.2, 0.25) is 0 Å². The first kappa shape index (κ1) is 16.5. The normalized spacial score (nSPS) is 13.3. The molecule has 1 amide bonds. The van der Waals surface area contributed by atoms with Crippen molar-refractivity contribution in [3.8, 4) is 0 Å². The minimum absolute atomic E-state index is 0.214. The van der Waals surface area contributed by atoms with Gasteiger partial charge in [-0.3, -0.25) is 9.59 Å². The maximum atomic E-state index is 12.4. The lowest BCUT2D eigenvalue weighted by atomic mass is 9.79. The maximum Gasteiger partial charge on any atom is 0.323 e. The van der Waals surface area contributed by atoms with Crippen molar-refractivity contribution in [2.45, 2.75) is 18.8 Å². The Hall–Kier alpha value is -3.35. The number of nitrogens with one attached hydrogen (secondary N) is 3. The van der Waals surface area contributed by atoms with Crippen LogP contribution in [0.15, 0.2) is 53.3 Å². The lowest BCUT2D eigenvalue weighted by molar-refractivity contribution is -0.145. The maximum absolute atomic E-state index is 12.4. The van der Waals surface area contributed by atoms with Crippen molar-refractivity contribution in [3.63, 3.8) is 0 Å². The minimum atomic E-state index is -1.34. The van der Waals surface area contributed by atoms with Crippen molar-refractivity contribution in [2.75, 3.05) is 5.32 Å². The van der Waals surface area contributed by atoms with E-state index in [1.165, 1.54) is 6.92 Å². The Morgan fingerprint density at radius 1 is 1.08 bits per heavy atom. The van der Waals surface area contributed by atoms with Gasteiger partial charge in [-0.15, -0.1) is 0 Å². The van der Waals surface area contributed by atoms with Crippen LogP contribution < -0.4 is 11.0 Å². The molecule has 0 aliphatic carbocycles. The standard InChI is InChI=1S/C18H17N3O4/c1-18(16(23)24,11-5-3-2-4-6-11)10-15(22)19-12-7-8-13-14(9-12)21-17(25)20-13/h2-9H,10H2,1H3,(H,19,22)(H,23,24)(H2,20,21,25)/t18-/m1/s1. The summed E-state index contributed by atoms with van der Waals surface area (Å²) in [6.07, 6.45) is -0.214. The molecule has 3 aromatic rings. The van der Waals surface area contributed by atoms with E-state index in [0.29, 0.717) is 22.3 Å². The SMILES string of the molecule is C[C@](CC(=O)Nc1ccc2[nH]c(=O)[nH]c2c1)(C(=O)O)c1ccccc1. The summed E-state index contributed by atoms with van der Waals surface area (Å²) >= 11 is 0. The van der Waals surface area contributed by atoms with E-state index in [0.717, 1.165) is 0 Å². The number of fused-ring (bicyclic) bond motifs is 1. The molecule has 0 saturated carbocycles. The molecule has 7 nitrogen and oxygen atoms in total. The first-order valence-electron chi connectivity index (χ1n) is 7.69. The fraction of sp³-hybridized carbons (Fsp3) is 0.167. The Morgan fingerprint density at radius 2 is 1.76 bits per heavy atom. The van der Waals surface area contributed by atoms with Crippen molar-refractivity contribution in [1.82, 2.24) is 9.97 Å². The number of carboxylic acid groups (broad SMARTS) is 1. The Kier molecular flexibility index (Phi) is 4.14. The van der Waals surface area contributed by atoms with E-state index in [-0.39, 0.29) is 12.1 Å². The van der Waals surface area contributed by atoms with Gasteiger partial charge in [0, 0.05) is 12.1 Å². The van der Waals surface area contributed by atoms with Crippen LogP contribution in [0.3, 0.4) is 0 Å². The summed E-state index contributed by atoms with van der Waals surface area (Å²) in [5.74, 6) is -1.50. The van der Waals surface area contributed by atoms with Gasteiger partial charge in [0.25, 0.3) is 0 Å². The number of amides is 1. The summed E-state index contributed by atoms with van der Waals surface area (Å²) in [5.41, 5.74) is 0.560. The largest absolute Gasteiger partial charge is 0.481 e. The number of aromatic amines is 2. The number of rotatable bonds is 5. The lowest BCUT2D eigenvalue weighted by Gasteiger charge is -2.24. The van der Waals surface area contributed by atoms with Crippen molar-refractivity contribution in [1.29, 1.82) is 0 Å². The molecule has 1 aromatic heterocycles. The Morgan fingerprint density at radius 3 is 2.44 bits per heavy atom. The number of hydrogen-bond acceptors (Lipinski definition) is 3. The molecule has 0 aliphatic rings. The third-order valence-electron chi connectivity index (χ3n) is 4.20. The molecule has 25 heavy (non-hydrogen) atoms. The molecule has 0 bridgehead atoms. The Balaban J connectivity index is 1.81. The quantitative estimate of drug-likeness (QED) is 0.570. The summed E-state index contributed by atoms with van der Waals surface area (Å²) < 4.78 is 0. The Bertz CT molecular complexity index is 990. The van der Waals surface area contributed by atoms with Gasteiger partial charge in [0.2, 0.25) is 5.91 Å². The highest BCUT2D eigenvalue weighted by molar-refractivity contribution is 5.97. The molecule has 0 spiro atoms. The molecule has 1 atom stereocenters. The van der Waals surface area contributed by atoms with Gasteiger partial charge >= 0.3 is 11.7 Å². The van der Waals surface area contributed by atoms with Crippen LogP contribution in [0.25, 0.3) is 11.0 Å². The molecule has 1 heterocycles. The number of aliphatic carboxylic acids is 1. The zero-order valence-corrected chi connectivity index (χ0v) is 13.5. The summed E-state index contributed by atoms with van der Waals surface area (Å²) in [6.45, 7) is 1.52. The number of aromatic nitrogens is 2. The highest BCUT2D eigenvalue weighted by Gasteiger charge is 2.37. The van der Waals surface area contributed by atoms with Crippen LogP contribution in [0, 0.1) is 0 Å². The van der Waals surface area contributed by atoms with Gasteiger partial charge in [0.15, 0.2) is 0 Å². The van der Waals surface area contributed by atoms with E-state index in [9.17, 15) is 19.5 Å². The zero-order valence-electron chi connectivity index (χ0n) is 13.5. The third-order valence-corrected chi connectivity index (χ3v) is 4.20. The predicted octanol–water partition coefficient (Wildman–Crippen LogP) is 2.23. The average molecular weight is 339 g/mol. The molecule has 0 saturated heterocycles. The van der Waals surface area contributed by atoms with E-state index in [1.54, 1.807) is 48.5 Å². The number of hydrogen-bond donors (Lipinski definition) is 4. The first-order valence-corrected chi connectivity index (χ1v) is 7.69. The fourth-order valence-electron chi connectivity index (χ4n) is 2.74. The zero-order chi connectivity index (χ0) is 18.0. The Labute approximate surface area is 142 Å². The summed E-state index contributed by atoms with van der Waals surface area (Å²) in [5, 5.41) is 12.3. The summed E-state index contributed by atoms with van der Waals surface area (Å²) in [4.78, 5) is 40.7. The third kappa shape index (κ3) is 3.30. The van der Waals surface area contributed by atoms with Gasteiger partial charge in [-0.1, -0.05) is 30.3 Å². The van der Waals surface area contributed by atoms with E-state index < -0.39 is 17.3 Å². The monoisotopic (exact) mass is 339 g/mol. The summed E-state index contributed by atoms with van der Waals surface area (Å²) in [6, 6.07) is 13.6. The number of imidazole rings is 1. The topological polar surface area (TPSA) is 115 Å². The van der Waals surface area contributed by atoms with Crippen molar-refractivity contribution >= 4 is 28.6 Å². The van der Waals surface area contributed by atoms with Crippen LogP contribution >= 0.6 is 0 Å². The van der Waals surface area contributed by atoms with Crippen LogP contribution in [-0.4, -0.2) is 27.0 Å². The number of carbonyl (C=O) groups is 2. The van der Waals surface area contributed by atoms with E-state index >= 15 is 0 Å². The highest BCUT2D eigenvalue weighted by atomic mass is 16.4. The molecule has 4 N–H and O–H groups in total. The molecule has 2 aromatic carbocycles. The number of carboxylic acids is 1. The van der Waals surface area contributed by atoms with Crippen molar-refractivity contribution in [3.05, 3.63) is 64.6 Å². The lowest BCUT2D eigenvalue weighted by Crippen LogP contribution is -2.36. The predicted molar refractivity (Wildman–Crippen MR) is 93.6 cm³/mol. The fourth-order valence-corrected chi connectivity index (χ4v) is 2.74. The number of H-pyrrole nitrogens is 2. The second-order valence-electron chi connectivity index (χ2n) is 6.07. The molecule has 7 heteroatoms. The molecule has 3 rings (SSSR count). The molecule has 0 unspecified atom stereocenters. The van der Waals surface area contributed by atoms with E-state index in [2.05, 4.69) is 15.3 Å². The van der Waals surface area contributed by atoms with Gasteiger partial charge in [-0.2, -0.15) is 0 Å². The molecule has 0 radical (unpaired) electrons. The average Bonchev–Trinajstić information content (AvgIpc) is 2.94. The van der Waals surface area contributed by atoms with Crippen LogP contribution in [0.1, 0.15) is 18.9 Å². The second-order valence-corrected chi connectivity index (χ2v) is 6.07. The van der Waals surface area contributed by atoms with Crippen LogP contribution in [0.5, 0.6) is 0 Å². The van der Waals surface area contributed by atoms with E-state index in [4.69, 9.17) is 0 Å². The number of benzene rings is 2. The smallest absolute Gasteiger partial charge is 0.323 e. The van der Waals surface area contributed by atoms with Gasteiger partial charge in [-0.25, -0.2) is 4.79 Å². The first-order chi connectivity index (χ1) is 11.9. The van der Waals surface area contributed by atoms with Crippen LogP contribution in [-0.2, 0) is 15.0 Å². The highest BCUT2D eigenvalue weighted by Crippen LogP contribution is 2.28. The summed E-state index contributed by atoms with van der Waals surface area (Å²) in [7, 11) is 0.